The molecule has 0 fully saturated rings. The van der Waals surface area contributed by atoms with Crippen LogP contribution in [0.4, 0.5) is 0 Å². The monoisotopic (exact) mass is 191 g/mol. The fourth-order valence-corrected chi connectivity index (χ4v) is 1.29. The Morgan fingerprint density at radius 1 is 1.57 bits per heavy atom. The van der Waals surface area contributed by atoms with Crippen molar-refractivity contribution < 1.29 is 4.42 Å². The average molecular weight is 191 g/mol. The molecule has 14 heavy (non-hydrogen) atoms. The van der Waals surface area contributed by atoms with Crippen LogP contribution in [-0.4, -0.2) is 9.97 Å². The molecule has 2 rings (SSSR count). The maximum Gasteiger partial charge on any atom is 0.212 e. The fraction of sp³-hybridized carbons (Fsp3) is 0.400. The molecule has 4 nitrogen and oxygen atoms in total. The number of aryl methyl sites for hydroxylation is 1. The van der Waals surface area contributed by atoms with Gasteiger partial charge in [0.05, 0.1) is 12.2 Å². The lowest BCUT2D eigenvalue weighted by Gasteiger charge is -2.00. The number of hydrogen-bond acceptors (Lipinski definition) is 4. The van der Waals surface area contributed by atoms with E-state index in [4.69, 9.17) is 10.2 Å². The Morgan fingerprint density at radius 2 is 2.36 bits per heavy atom. The van der Waals surface area contributed by atoms with Gasteiger partial charge in [0.25, 0.3) is 0 Å². The molecule has 0 saturated heterocycles. The van der Waals surface area contributed by atoms with E-state index in [1.54, 1.807) is 6.20 Å². The van der Waals surface area contributed by atoms with Gasteiger partial charge < -0.3 is 10.2 Å². The van der Waals surface area contributed by atoms with Gasteiger partial charge in [0.15, 0.2) is 5.58 Å². The van der Waals surface area contributed by atoms with Crippen LogP contribution in [0.15, 0.2) is 16.7 Å². The lowest BCUT2D eigenvalue weighted by Crippen LogP contribution is -2.08. The SMILES string of the molecule is CCC(N)c1nc2cc(C)ncc2o1. The molecule has 2 aromatic heterocycles. The highest BCUT2D eigenvalue weighted by molar-refractivity contribution is 5.71. The summed E-state index contributed by atoms with van der Waals surface area (Å²) in [7, 11) is 0. The molecule has 2 aromatic rings. The second-order valence-corrected chi connectivity index (χ2v) is 3.36. The van der Waals surface area contributed by atoms with Gasteiger partial charge in [-0.25, -0.2) is 4.98 Å². The Balaban J connectivity index is 2.51. The number of rotatable bonds is 2. The first kappa shape index (κ1) is 9.15. The number of nitrogens with two attached hydrogens (primary N) is 1. The Kier molecular flexibility index (Phi) is 2.21. The highest BCUT2D eigenvalue weighted by Gasteiger charge is 2.11. The first-order chi connectivity index (χ1) is 6.70. The lowest BCUT2D eigenvalue weighted by molar-refractivity contribution is 0.468. The van der Waals surface area contributed by atoms with Crippen molar-refractivity contribution in [3.05, 3.63) is 23.8 Å². The molecule has 0 aliphatic rings. The molecule has 0 aliphatic heterocycles. The molecule has 0 bridgehead atoms. The fourth-order valence-electron chi connectivity index (χ4n) is 1.29. The van der Waals surface area contributed by atoms with E-state index in [1.807, 2.05) is 19.9 Å². The van der Waals surface area contributed by atoms with E-state index < -0.39 is 0 Å². The summed E-state index contributed by atoms with van der Waals surface area (Å²) < 4.78 is 5.48. The third-order valence-electron chi connectivity index (χ3n) is 2.19. The number of nitrogens with zero attached hydrogens (tertiary/aromatic N) is 2. The van der Waals surface area contributed by atoms with Crippen molar-refractivity contribution in [2.24, 2.45) is 5.73 Å². The minimum Gasteiger partial charge on any atom is -0.437 e. The molecule has 2 N–H and O–H groups in total. The zero-order valence-corrected chi connectivity index (χ0v) is 8.32. The number of oxazole rings is 1. The van der Waals surface area contributed by atoms with Crippen LogP contribution in [-0.2, 0) is 0 Å². The van der Waals surface area contributed by atoms with Crippen molar-refractivity contribution in [2.75, 3.05) is 0 Å². The largest absolute Gasteiger partial charge is 0.437 e. The van der Waals surface area contributed by atoms with Gasteiger partial charge in [-0.2, -0.15) is 0 Å². The van der Waals surface area contributed by atoms with Gasteiger partial charge in [0.1, 0.15) is 5.52 Å². The maximum atomic E-state index is 5.82. The predicted octanol–water partition coefficient (Wildman–Crippen LogP) is 1.94. The van der Waals surface area contributed by atoms with Gasteiger partial charge in [0, 0.05) is 5.69 Å². The van der Waals surface area contributed by atoms with Gasteiger partial charge in [-0.05, 0) is 19.4 Å². The molecule has 0 aliphatic carbocycles. The Bertz CT molecular complexity index is 450. The van der Waals surface area contributed by atoms with Crippen molar-refractivity contribution in [1.29, 1.82) is 0 Å². The van der Waals surface area contributed by atoms with Crippen molar-refractivity contribution in [3.8, 4) is 0 Å². The van der Waals surface area contributed by atoms with Crippen molar-refractivity contribution in [1.82, 2.24) is 9.97 Å². The zero-order chi connectivity index (χ0) is 10.1. The molecule has 0 saturated carbocycles. The summed E-state index contributed by atoms with van der Waals surface area (Å²) in [5, 5.41) is 0. The molecular formula is C10H13N3O. The third-order valence-corrected chi connectivity index (χ3v) is 2.19. The summed E-state index contributed by atoms with van der Waals surface area (Å²) in [6.45, 7) is 3.93. The minimum absolute atomic E-state index is 0.122. The van der Waals surface area contributed by atoms with E-state index in [0.29, 0.717) is 11.5 Å². The topological polar surface area (TPSA) is 64.9 Å². The van der Waals surface area contributed by atoms with E-state index in [-0.39, 0.29) is 6.04 Å². The predicted molar refractivity (Wildman–Crippen MR) is 53.8 cm³/mol. The molecular weight excluding hydrogens is 178 g/mol. The van der Waals surface area contributed by atoms with E-state index in [1.165, 1.54) is 0 Å². The smallest absolute Gasteiger partial charge is 0.212 e. The van der Waals surface area contributed by atoms with Crippen molar-refractivity contribution >= 4 is 11.1 Å². The summed E-state index contributed by atoms with van der Waals surface area (Å²) in [6.07, 6.45) is 2.50. The van der Waals surface area contributed by atoms with Crippen LogP contribution < -0.4 is 5.73 Å². The van der Waals surface area contributed by atoms with Gasteiger partial charge in [-0.1, -0.05) is 6.92 Å². The number of aromatic nitrogens is 2. The standard InChI is InChI=1S/C10H13N3O/c1-3-7(11)10-13-8-4-6(2)12-5-9(8)14-10/h4-5,7H,3,11H2,1-2H3. The van der Waals surface area contributed by atoms with Gasteiger partial charge >= 0.3 is 0 Å². The second-order valence-electron chi connectivity index (χ2n) is 3.36. The van der Waals surface area contributed by atoms with Crippen LogP contribution >= 0.6 is 0 Å². The zero-order valence-electron chi connectivity index (χ0n) is 8.32. The molecule has 2 heterocycles. The molecule has 0 amide bonds. The van der Waals surface area contributed by atoms with Crippen molar-refractivity contribution in [2.45, 2.75) is 26.3 Å². The average Bonchev–Trinajstić information content (AvgIpc) is 2.59. The molecule has 1 atom stereocenters. The summed E-state index contributed by atoms with van der Waals surface area (Å²) in [5.74, 6) is 0.592. The highest BCUT2D eigenvalue weighted by atomic mass is 16.3. The van der Waals surface area contributed by atoms with Gasteiger partial charge in [0.2, 0.25) is 5.89 Å². The van der Waals surface area contributed by atoms with Gasteiger partial charge in [-0.15, -0.1) is 0 Å². The number of pyridine rings is 1. The normalized spacial score (nSPS) is 13.4. The van der Waals surface area contributed by atoms with E-state index in [9.17, 15) is 0 Å². The van der Waals surface area contributed by atoms with Gasteiger partial charge in [-0.3, -0.25) is 4.98 Å². The van der Waals surface area contributed by atoms with Crippen LogP contribution in [0.2, 0.25) is 0 Å². The molecule has 0 radical (unpaired) electrons. The van der Waals surface area contributed by atoms with Crippen LogP contribution in [0.3, 0.4) is 0 Å². The van der Waals surface area contributed by atoms with E-state index in [0.717, 1.165) is 17.6 Å². The first-order valence-corrected chi connectivity index (χ1v) is 4.69. The van der Waals surface area contributed by atoms with Crippen LogP contribution in [0.5, 0.6) is 0 Å². The lowest BCUT2D eigenvalue weighted by atomic mass is 10.2. The second kappa shape index (κ2) is 3.38. The molecule has 4 heteroatoms. The third kappa shape index (κ3) is 1.48. The number of hydrogen-bond donors (Lipinski definition) is 1. The highest BCUT2D eigenvalue weighted by Crippen LogP contribution is 2.20. The minimum atomic E-state index is -0.122. The molecule has 74 valence electrons. The summed E-state index contributed by atoms with van der Waals surface area (Å²) >= 11 is 0. The van der Waals surface area contributed by atoms with Crippen LogP contribution in [0, 0.1) is 6.92 Å². The van der Waals surface area contributed by atoms with Crippen LogP contribution in [0.1, 0.15) is 31.0 Å². The van der Waals surface area contributed by atoms with Crippen molar-refractivity contribution in [3.63, 3.8) is 0 Å². The molecule has 1 unspecified atom stereocenters. The quantitative estimate of drug-likeness (QED) is 0.787. The summed E-state index contributed by atoms with van der Waals surface area (Å²) in [6, 6.07) is 1.77. The van der Waals surface area contributed by atoms with E-state index >= 15 is 0 Å². The summed E-state index contributed by atoms with van der Waals surface area (Å²) in [5.41, 5.74) is 8.29. The van der Waals surface area contributed by atoms with E-state index in [2.05, 4.69) is 9.97 Å². The van der Waals surface area contributed by atoms with Crippen LogP contribution in [0.25, 0.3) is 11.1 Å². The number of fused-ring (bicyclic) bond motifs is 1. The molecule has 0 spiro atoms. The first-order valence-electron chi connectivity index (χ1n) is 4.69. The molecule has 0 aromatic carbocycles. The summed E-state index contributed by atoms with van der Waals surface area (Å²) in [4.78, 5) is 8.44. The Hall–Kier alpha value is -1.42. The Labute approximate surface area is 82.1 Å². The Morgan fingerprint density at radius 3 is 3.07 bits per heavy atom. The maximum absolute atomic E-state index is 5.82.